The number of pyridine rings is 2. The number of carbonyl (C=O) groups is 2. The zero-order chi connectivity index (χ0) is 21.3. The van der Waals surface area contributed by atoms with Crippen LogP contribution in [0, 0.1) is 0 Å². The van der Waals surface area contributed by atoms with Crippen LogP contribution in [0.5, 0.6) is 0 Å². The number of carboxylic acids is 1. The number of aliphatic carboxylic acids is 1. The molecule has 0 aromatic carbocycles. The minimum atomic E-state index is -2.07. The highest BCUT2D eigenvalue weighted by atomic mass is 16.4. The monoisotopic (exact) mass is 399 g/mol. The van der Waals surface area contributed by atoms with E-state index in [2.05, 4.69) is 20.3 Å². The van der Waals surface area contributed by atoms with E-state index < -0.39 is 17.3 Å². The standard InChI is InChI=1S/C19H25N7O3/c20-18(21)25-9-3-7-19(22,17(28)29)16(27)13-5-6-15(26-10-13)12-23-11-14-4-1-2-8-24-14/h1-2,4-6,8,10,23H,3,7,9,11-12,22H2,(H,28,29)(H4,20,21,25)/t19-/m1/s1. The van der Waals surface area contributed by atoms with Crippen LogP contribution in [0.15, 0.2) is 47.7 Å². The Kier molecular flexibility index (Phi) is 7.75. The van der Waals surface area contributed by atoms with Crippen LogP contribution in [0.1, 0.15) is 34.6 Å². The molecule has 1 atom stereocenters. The van der Waals surface area contributed by atoms with Gasteiger partial charge in [-0.05, 0) is 37.1 Å². The van der Waals surface area contributed by atoms with Gasteiger partial charge in [0.25, 0.3) is 0 Å². The smallest absolute Gasteiger partial charge is 0.331 e. The second kappa shape index (κ2) is 10.2. The van der Waals surface area contributed by atoms with Gasteiger partial charge in [0.05, 0.1) is 11.4 Å². The second-order valence-corrected chi connectivity index (χ2v) is 6.48. The first kappa shape index (κ1) is 21.9. The summed E-state index contributed by atoms with van der Waals surface area (Å²) in [5.41, 5.74) is 16.0. The predicted octanol–water partition coefficient (Wildman–Crippen LogP) is -0.215. The number of guanidine groups is 1. The number of nitrogens with two attached hydrogens (primary N) is 3. The summed E-state index contributed by atoms with van der Waals surface area (Å²) in [7, 11) is 0. The van der Waals surface area contributed by atoms with E-state index in [1.54, 1.807) is 12.3 Å². The van der Waals surface area contributed by atoms with E-state index in [0.29, 0.717) is 18.8 Å². The van der Waals surface area contributed by atoms with Crippen LogP contribution in [0.25, 0.3) is 0 Å². The number of Topliss-reactive ketones (excluding diaryl/α,β-unsaturated/α-hetero) is 1. The Labute approximate surface area is 168 Å². The molecule has 0 radical (unpaired) electrons. The third-order valence-corrected chi connectivity index (χ3v) is 4.24. The van der Waals surface area contributed by atoms with Gasteiger partial charge < -0.3 is 27.6 Å². The van der Waals surface area contributed by atoms with E-state index in [1.165, 1.54) is 12.3 Å². The maximum atomic E-state index is 12.7. The number of nitrogens with zero attached hydrogens (tertiary/aromatic N) is 3. The summed E-state index contributed by atoms with van der Waals surface area (Å²) in [6, 6.07) is 8.83. The van der Waals surface area contributed by atoms with E-state index >= 15 is 0 Å². The number of hydrogen-bond donors (Lipinski definition) is 5. The van der Waals surface area contributed by atoms with Crippen LogP contribution in [0.4, 0.5) is 0 Å². The summed E-state index contributed by atoms with van der Waals surface area (Å²) >= 11 is 0. The van der Waals surface area contributed by atoms with Crippen molar-refractivity contribution >= 4 is 17.7 Å². The van der Waals surface area contributed by atoms with Gasteiger partial charge >= 0.3 is 5.97 Å². The molecule has 154 valence electrons. The quantitative estimate of drug-likeness (QED) is 0.112. The molecule has 0 aliphatic rings. The highest BCUT2D eigenvalue weighted by Gasteiger charge is 2.42. The van der Waals surface area contributed by atoms with Crippen LogP contribution in [-0.2, 0) is 17.9 Å². The molecule has 10 heteroatoms. The second-order valence-electron chi connectivity index (χ2n) is 6.48. The molecule has 29 heavy (non-hydrogen) atoms. The van der Waals surface area contributed by atoms with Crippen molar-refractivity contribution < 1.29 is 14.7 Å². The molecular weight excluding hydrogens is 374 g/mol. The molecule has 0 spiro atoms. The van der Waals surface area contributed by atoms with Crippen LogP contribution in [0.2, 0.25) is 0 Å². The first-order valence-corrected chi connectivity index (χ1v) is 9.01. The molecular formula is C19H25N7O3. The molecule has 2 heterocycles. The van der Waals surface area contributed by atoms with Gasteiger partial charge in [0.1, 0.15) is 0 Å². The molecule has 2 aromatic rings. The van der Waals surface area contributed by atoms with Gasteiger partial charge in [-0.3, -0.25) is 19.8 Å². The Morgan fingerprint density at radius 1 is 1.10 bits per heavy atom. The van der Waals surface area contributed by atoms with Crippen LogP contribution >= 0.6 is 0 Å². The minimum absolute atomic E-state index is 0.106. The van der Waals surface area contributed by atoms with E-state index in [4.69, 9.17) is 17.2 Å². The Hall–Kier alpha value is -3.37. The average molecular weight is 399 g/mol. The predicted molar refractivity (Wildman–Crippen MR) is 108 cm³/mol. The summed E-state index contributed by atoms with van der Waals surface area (Å²) in [5.74, 6) is -2.23. The Balaban J connectivity index is 1.97. The van der Waals surface area contributed by atoms with E-state index in [9.17, 15) is 14.7 Å². The number of nitrogens with one attached hydrogen (secondary N) is 1. The lowest BCUT2D eigenvalue weighted by Crippen LogP contribution is -2.55. The maximum absolute atomic E-state index is 12.7. The Morgan fingerprint density at radius 2 is 1.83 bits per heavy atom. The molecule has 8 N–H and O–H groups in total. The van der Waals surface area contributed by atoms with E-state index in [1.807, 2.05) is 18.2 Å². The lowest BCUT2D eigenvalue weighted by molar-refractivity contribution is -0.141. The fourth-order valence-electron chi connectivity index (χ4n) is 2.63. The van der Waals surface area contributed by atoms with Crippen LogP contribution in [-0.4, -0.2) is 44.9 Å². The molecule has 2 aromatic heterocycles. The van der Waals surface area contributed by atoms with Crippen molar-refractivity contribution in [1.82, 2.24) is 15.3 Å². The van der Waals surface area contributed by atoms with Gasteiger partial charge in [0, 0.05) is 37.6 Å². The molecule has 0 bridgehead atoms. The highest BCUT2D eigenvalue weighted by Crippen LogP contribution is 2.18. The van der Waals surface area contributed by atoms with Gasteiger partial charge in [-0.15, -0.1) is 0 Å². The molecule has 10 nitrogen and oxygen atoms in total. The van der Waals surface area contributed by atoms with Crippen molar-refractivity contribution in [1.29, 1.82) is 0 Å². The molecule has 0 unspecified atom stereocenters. The molecule has 2 rings (SSSR count). The third-order valence-electron chi connectivity index (χ3n) is 4.24. The third kappa shape index (κ3) is 6.33. The van der Waals surface area contributed by atoms with E-state index in [-0.39, 0.29) is 30.9 Å². The number of hydrogen-bond acceptors (Lipinski definition) is 7. The summed E-state index contributed by atoms with van der Waals surface area (Å²) in [4.78, 5) is 36.5. The number of aromatic nitrogens is 2. The lowest BCUT2D eigenvalue weighted by atomic mass is 9.86. The number of ketones is 1. The first-order valence-electron chi connectivity index (χ1n) is 9.01. The van der Waals surface area contributed by atoms with Gasteiger partial charge in [-0.2, -0.15) is 0 Å². The molecule has 0 aliphatic heterocycles. The fraction of sp³-hybridized carbons (Fsp3) is 0.316. The molecule has 0 fully saturated rings. The number of aliphatic imine (C=N–C) groups is 1. The van der Waals surface area contributed by atoms with Crippen molar-refractivity contribution in [2.75, 3.05) is 6.54 Å². The summed E-state index contributed by atoms with van der Waals surface area (Å²) in [6.45, 7) is 1.22. The SMILES string of the molecule is NC(N)=NCCC[C@](N)(C(=O)O)C(=O)c1ccc(CNCc2ccccn2)nc1. The van der Waals surface area contributed by atoms with Crippen molar-refractivity contribution in [2.45, 2.75) is 31.5 Å². The summed E-state index contributed by atoms with van der Waals surface area (Å²) in [6.07, 6.45) is 3.19. The number of carboxylic acid groups (broad SMARTS) is 1. The summed E-state index contributed by atoms with van der Waals surface area (Å²) < 4.78 is 0. The maximum Gasteiger partial charge on any atom is 0.331 e. The van der Waals surface area contributed by atoms with Gasteiger partial charge in [0.15, 0.2) is 17.3 Å². The zero-order valence-electron chi connectivity index (χ0n) is 15.9. The van der Waals surface area contributed by atoms with E-state index in [0.717, 1.165) is 5.69 Å². The Bertz CT molecular complexity index is 852. The van der Waals surface area contributed by atoms with Gasteiger partial charge in [-0.1, -0.05) is 6.07 Å². The first-order chi connectivity index (χ1) is 13.8. The lowest BCUT2D eigenvalue weighted by Gasteiger charge is -2.23. The van der Waals surface area contributed by atoms with Crippen LogP contribution in [0.3, 0.4) is 0 Å². The van der Waals surface area contributed by atoms with Gasteiger partial charge in [0.2, 0.25) is 0 Å². The topological polar surface area (TPSA) is 183 Å². The minimum Gasteiger partial charge on any atom is -0.480 e. The number of rotatable bonds is 11. The number of carbonyl (C=O) groups excluding carboxylic acids is 1. The normalized spacial score (nSPS) is 12.7. The molecule has 0 aliphatic carbocycles. The largest absolute Gasteiger partial charge is 0.480 e. The molecule has 0 amide bonds. The van der Waals surface area contributed by atoms with Crippen molar-refractivity contribution in [3.05, 3.63) is 59.7 Å². The van der Waals surface area contributed by atoms with Crippen molar-refractivity contribution in [3.8, 4) is 0 Å². The van der Waals surface area contributed by atoms with Crippen molar-refractivity contribution in [2.24, 2.45) is 22.2 Å². The van der Waals surface area contributed by atoms with Gasteiger partial charge in [-0.25, -0.2) is 4.79 Å². The summed E-state index contributed by atoms with van der Waals surface area (Å²) in [5, 5.41) is 12.7. The molecule has 0 saturated carbocycles. The van der Waals surface area contributed by atoms with Crippen LogP contribution < -0.4 is 22.5 Å². The van der Waals surface area contributed by atoms with Crippen molar-refractivity contribution in [3.63, 3.8) is 0 Å². The average Bonchev–Trinajstić information content (AvgIpc) is 2.71. The zero-order valence-corrected chi connectivity index (χ0v) is 15.9. The highest BCUT2D eigenvalue weighted by molar-refractivity contribution is 6.15. The fourth-order valence-corrected chi connectivity index (χ4v) is 2.63. The Morgan fingerprint density at radius 3 is 2.38 bits per heavy atom. The molecule has 0 saturated heterocycles.